The number of carbonyl (C=O) groups is 1. The number of carbonyl (C=O) groups excluding carboxylic acids is 1. The molecule has 0 heterocycles. The summed E-state index contributed by atoms with van der Waals surface area (Å²) in [5.74, 6) is 0.458. The van der Waals surface area contributed by atoms with Crippen molar-refractivity contribution in [3.05, 3.63) is 29.6 Å². The number of methoxy groups -OCH3 is 1. The maximum atomic E-state index is 14.2. The summed E-state index contributed by atoms with van der Waals surface area (Å²) in [4.78, 5) is 15.6. The number of nitrogens with zero attached hydrogens (tertiary/aromatic N) is 1. The van der Waals surface area contributed by atoms with E-state index < -0.39 is 0 Å². The summed E-state index contributed by atoms with van der Waals surface area (Å²) in [7, 11) is 3.00. The maximum Gasteiger partial charge on any atom is 0.310 e. The number of benzene rings is 1. The van der Waals surface area contributed by atoms with Crippen LogP contribution in [0.4, 0.5) is 4.39 Å². The van der Waals surface area contributed by atoms with Crippen LogP contribution in [0.1, 0.15) is 38.3 Å². The molecular formula is C19H28FN3O3. The van der Waals surface area contributed by atoms with Gasteiger partial charge < -0.3 is 20.1 Å². The SMILES string of the molecule is CN=C(NCC(C)C(=O)OC)NC(C)c1ccc(OCC2CC2)c(F)c1. The minimum absolute atomic E-state index is 0.165. The van der Waals surface area contributed by atoms with Crippen LogP contribution in [0.5, 0.6) is 5.75 Å². The highest BCUT2D eigenvalue weighted by Crippen LogP contribution is 2.30. The smallest absolute Gasteiger partial charge is 0.310 e. The molecule has 6 nitrogen and oxygen atoms in total. The van der Waals surface area contributed by atoms with Crippen molar-refractivity contribution in [3.8, 4) is 5.75 Å². The predicted octanol–water partition coefficient (Wildman–Crippen LogP) is 2.65. The molecule has 1 aromatic rings. The molecule has 0 saturated heterocycles. The summed E-state index contributed by atoms with van der Waals surface area (Å²) in [5, 5.41) is 6.25. The Bertz CT molecular complexity index is 647. The summed E-state index contributed by atoms with van der Waals surface area (Å²) in [6.07, 6.45) is 2.34. The molecule has 0 radical (unpaired) electrons. The number of hydrogen-bond donors (Lipinski definition) is 2. The summed E-state index contributed by atoms with van der Waals surface area (Å²) in [5.41, 5.74) is 0.783. The van der Waals surface area contributed by atoms with Gasteiger partial charge in [0, 0.05) is 13.6 Å². The number of aliphatic imine (C=N–C) groups is 1. The molecule has 1 saturated carbocycles. The molecular weight excluding hydrogens is 337 g/mol. The molecule has 7 heteroatoms. The van der Waals surface area contributed by atoms with Gasteiger partial charge in [0.05, 0.1) is 25.7 Å². The van der Waals surface area contributed by atoms with E-state index in [2.05, 4.69) is 15.6 Å². The van der Waals surface area contributed by atoms with Crippen LogP contribution >= 0.6 is 0 Å². The van der Waals surface area contributed by atoms with Gasteiger partial charge >= 0.3 is 5.97 Å². The lowest BCUT2D eigenvalue weighted by atomic mass is 10.1. The van der Waals surface area contributed by atoms with Crippen LogP contribution in [0, 0.1) is 17.7 Å². The van der Waals surface area contributed by atoms with E-state index in [0.717, 1.165) is 5.56 Å². The first kappa shape index (κ1) is 20.0. The van der Waals surface area contributed by atoms with E-state index in [1.807, 2.05) is 13.0 Å². The molecule has 0 aromatic heterocycles. The Morgan fingerprint density at radius 2 is 2.12 bits per heavy atom. The molecule has 2 unspecified atom stereocenters. The molecule has 1 fully saturated rings. The number of ether oxygens (including phenoxy) is 2. The molecule has 1 aliphatic rings. The predicted molar refractivity (Wildman–Crippen MR) is 98.7 cm³/mol. The molecule has 0 amide bonds. The lowest BCUT2D eigenvalue weighted by Crippen LogP contribution is -2.41. The fourth-order valence-electron chi connectivity index (χ4n) is 2.41. The second-order valence-corrected chi connectivity index (χ2v) is 6.69. The molecule has 0 spiro atoms. The number of rotatable bonds is 8. The monoisotopic (exact) mass is 365 g/mol. The Morgan fingerprint density at radius 3 is 2.69 bits per heavy atom. The third-order valence-corrected chi connectivity index (χ3v) is 4.38. The number of esters is 1. The highest BCUT2D eigenvalue weighted by Gasteiger charge is 2.22. The van der Waals surface area contributed by atoms with Crippen molar-refractivity contribution in [2.24, 2.45) is 16.8 Å². The second-order valence-electron chi connectivity index (χ2n) is 6.69. The minimum Gasteiger partial charge on any atom is -0.490 e. The van der Waals surface area contributed by atoms with Crippen LogP contribution in [-0.4, -0.2) is 39.2 Å². The molecule has 2 N–H and O–H groups in total. The summed E-state index contributed by atoms with van der Waals surface area (Å²) < 4.78 is 24.5. The van der Waals surface area contributed by atoms with E-state index in [1.54, 1.807) is 20.0 Å². The van der Waals surface area contributed by atoms with Crippen LogP contribution in [0.2, 0.25) is 0 Å². The normalized spacial score (nSPS) is 16.6. The lowest BCUT2D eigenvalue weighted by molar-refractivity contribution is -0.144. The van der Waals surface area contributed by atoms with E-state index in [4.69, 9.17) is 9.47 Å². The highest BCUT2D eigenvalue weighted by molar-refractivity contribution is 5.81. The zero-order valence-electron chi connectivity index (χ0n) is 15.8. The van der Waals surface area contributed by atoms with Gasteiger partial charge in [-0.1, -0.05) is 13.0 Å². The van der Waals surface area contributed by atoms with Gasteiger partial charge in [-0.2, -0.15) is 0 Å². The van der Waals surface area contributed by atoms with E-state index in [0.29, 0.717) is 30.8 Å². The Hall–Kier alpha value is -2.31. The third-order valence-electron chi connectivity index (χ3n) is 4.38. The molecule has 1 aromatic carbocycles. The van der Waals surface area contributed by atoms with E-state index in [9.17, 15) is 9.18 Å². The van der Waals surface area contributed by atoms with Crippen molar-refractivity contribution < 1.29 is 18.7 Å². The first-order valence-electron chi connectivity index (χ1n) is 8.91. The molecule has 1 aliphatic carbocycles. The van der Waals surface area contributed by atoms with Gasteiger partial charge in [-0.25, -0.2) is 4.39 Å². The average Bonchev–Trinajstić information content (AvgIpc) is 3.47. The van der Waals surface area contributed by atoms with Crippen LogP contribution in [0.25, 0.3) is 0 Å². The molecule has 2 rings (SSSR count). The Labute approximate surface area is 154 Å². The van der Waals surface area contributed by atoms with Crippen LogP contribution in [-0.2, 0) is 9.53 Å². The highest BCUT2D eigenvalue weighted by atomic mass is 19.1. The number of hydrogen-bond acceptors (Lipinski definition) is 4. The molecule has 2 atom stereocenters. The van der Waals surface area contributed by atoms with Crippen molar-refractivity contribution in [3.63, 3.8) is 0 Å². The van der Waals surface area contributed by atoms with Crippen LogP contribution < -0.4 is 15.4 Å². The second kappa shape index (κ2) is 9.40. The largest absolute Gasteiger partial charge is 0.490 e. The van der Waals surface area contributed by atoms with Gasteiger partial charge in [0.2, 0.25) is 0 Å². The number of nitrogens with one attached hydrogen (secondary N) is 2. The molecule has 0 bridgehead atoms. The van der Waals surface area contributed by atoms with Crippen molar-refractivity contribution in [1.29, 1.82) is 0 Å². The summed E-state index contributed by atoms with van der Waals surface area (Å²) in [6.45, 7) is 4.65. The van der Waals surface area contributed by atoms with E-state index in [1.165, 1.54) is 26.0 Å². The molecule has 0 aliphatic heterocycles. The fourth-order valence-corrected chi connectivity index (χ4v) is 2.41. The zero-order chi connectivity index (χ0) is 19.1. The van der Waals surface area contributed by atoms with Gasteiger partial charge in [-0.05, 0) is 43.4 Å². The topological polar surface area (TPSA) is 72.0 Å². The summed E-state index contributed by atoms with van der Waals surface area (Å²) >= 11 is 0. The van der Waals surface area contributed by atoms with Gasteiger partial charge in [-0.15, -0.1) is 0 Å². The van der Waals surface area contributed by atoms with Crippen molar-refractivity contribution in [2.45, 2.75) is 32.7 Å². The first-order valence-corrected chi connectivity index (χ1v) is 8.91. The van der Waals surface area contributed by atoms with Crippen molar-refractivity contribution in [2.75, 3.05) is 27.3 Å². The Kier molecular flexibility index (Phi) is 7.24. The zero-order valence-corrected chi connectivity index (χ0v) is 15.8. The fraction of sp³-hybridized carbons (Fsp3) is 0.579. The maximum absolute atomic E-state index is 14.2. The van der Waals surface area contributed by atoms with Crippen LogP contribution in [0.3, 0.4) is 0 Å². The van der Waals surface area contributed by atoms with Crippen molar-refractivity contribution >= 4 is 11.9 Å². The van der Waals surface area contributed by atoms with Gasteiger partial charge in [0.1, 0.15) is 0 Å². The van der Waals surface area contributed by atoms with E-state index >= 15 is 0 Å². The minimum atomic E-state index is -0.362. The lowest BCUT2D eigenvalue weighted by Gasteiger charge is -2.20. The summed E-state index contributed by atoms with van der Waals surface area (Å²) in [6, 6.07) is 4.82. The molecule has 26 heavy (non-hydrogen) atoms. The van der Waals surface area contributed by atoms with E-state index in [-0.39, 0.29) is 23.7 Å². The van der Waals surface area contributed by atoms with Crippen LogP contribution in [0.15, 0.2) is 23.2 Å². The third kappa shape index (κ3) is 5.89. The Balaban J connectivity index is 1.89. The standard InChI is InChI=1S/C19H28FN3O3/c1-12(18(24)25-4)10-22-19(21-3)23-13(2)15-7-8-17(16(20)9-15)26-11-14-5-6-14/h7-9,12-14H,5-6,10-11H2,1-4H3,(H2,21,22,23). The first-order chi connectivity index (χ1) is 12.4. The van der Waals surface area contributed by atoms with Gasteiger partial charge in [0.25, 0.3) is 0 Å². The van der Waals surface area contributed by atoms with Crippen molar-refractivity contribution in [1.82, 2.24) is 10.6 Å². The van der Waals surface area contributed by atoms with Gasteiger partial charge in [-0.3, -0.25) is 9.79 Å². The number of halogens is 1. The quantitative estimate of drug-likeness (QED) is 0.421. The molecule has 144 valence electrons. The average molecular weight is 365 g/mol. The number of guanidine groups is 1. The van der Waals surface area contributed by atoms with Gasteiger partial charge in [0.15, 0.2) is 17.5 Å². The Morgan fingerprint density at radius 1 is 1.38 bits per heavy atom.